The molecule has 2 heterocycles. The van der Waals surface area contributed by atoms with Crippen LogP contribution in [-0.2, 0) is 19.8 Å². The Labute approximate surface area is 151 Å². The fourth-order valence-electron chi connectivity index (χ4n) is 2.75. The first-order valence-corrected chi connectivity index (χ1v) is 9.51. The molecule has 2 rings (SSSR count). The maximum absolute atomic E-state index is 13.1. The number of nitrogens with zero attached hydrogens (tertiary/aromatic N) is 4. The highest BCUT2D eigenvalue weighted by atomic mass is 32.2. The van der Waals surface area contributed by atoms with Crippen LogP contribution in [0.1, 0.15) is 32.0 Å². The normalized spacial score (nSPS) is 19.6. The largest absolute Gasteiger partial charge is 0.435 e. The predicted octanol–water partition coefficient (Wildman–Crippen LogP) is 2.98. The number of rotatable bonds is 4. The standard InChI is InChI=1S/C16H26F3N5S/c1-5-20-15(24-6-7-25-13(10-24)11(2)3)21-8-12-9-23(4)22-14(12)16(17,18)19/h9,11,13H,5-8,10H2,1-4H3,(H,20,21). The lowest BCUT2D eigenvalue weighted by Gasteiger charge is -2.36. The summed E-state index contributed by atoms with van der Waals surface area (Å²) in [6.07, 6.45) is -3.08. The predicted molar refractivity (Wildman–Crippen MR) is 95.7 cm³/mol. The van der Waals surface area contributed by atoms with Crippen molar-refractivity contribution in [3.63, 3.8) is 0 Å². The average Bonchev–Trinajstić information content (AvgIpc) is 2.92. The minimum atomic E-state index is -4.46. The molecule has 0 radical (unpaired) electrons. The molecule has 0 amide bonds. The number of thioether (sulfide) groups is 1. The van der Waals surface area contributed by atoms with Crippen molar-refractivity contribution in [3.05, 3.63) is 17.5 Å². The summed E-state index contributed by atoms with van der Waals surface area (Å²) in [4.78, 5) is 6.60. The molecule has 5 nitrogen and oxygen atoms in total. The van der Waals surface area contributed by atoms with Crippen LogP contribution in [0.5, 0.6) is 0 Å². The van der Waals surface area contributed by atoms with E-state index in [-0.39, 0.29) is 12.1 Å². The third-order valence-corrected chi connectivity index (χ3v) is 5.58. The van der Waals surface area contributed by atoms with Crippen LogP contribution in [-0.4, -0.2) is 51.3 Å². The molecule has 1 fully saturated rings. The Morgan fingerprint density at radius 2 is 2.20 bits per heavy atom. The number of aryl methyl sites for hydroxylation is 1. The molecular formula is C16H26F3N5S. The number of hydrogen-bond acceptors (Lipinski definition) is 3. The Kier molecular flexibility index (Phi) is 6.65. The molecule has 1 aliphatic rings. The smallest absolute Gasteiger partial charge is 0.357 e. The summed E-state index contributed by atoms with van der Waals surface area (Å²) in [5.41, 5.74) is -0.763. The van der Waals surface area contributed by atoms with E-state index in [1.165, 1.54) is 17.9 Å². The number of guanidine groups is 1. The van der Waals surface area contributed by atoms with Gasteiger partial charge in [0.2, 0.25) is 0 Å². The molecule has 0 aromatic carbocycles. The number of alkyl halides is 3. The van der Waals surface area contributed by atoms with E-state index in [0.29, 0.717) is 23.7 Å². The minimum absolute atomic E-state index is 0.0407. The van der Waals surface area contributed by atoms with Crippen LogP contribution >= 0.6 is 11.8 Å². The SMILES string of the molecule is CCNC(=NCc1cn(C)nc1C(F)(F)F)N1CCSC(C(C)C)C1. The van der Waals surface area contributed by atoms with E-state index < -0.39 is 11.9 Å². The summed E-state index contributed by atoms with van der Waals surface area (Å²) in [5.74, 6) is 2.21. The molecule has 0 saturated carbocycles. The lowest BCUT2D eigenvalue weighted by molar-refractivity contribution is -0.142. The number of halogens is 3. The van der Waals surface area contributed by atoms with Gasteiger partial charge in [-0.1, -0.05) is 13.8 Å². The lowest BCUT2D eigenvalue weighted by atomic mass is 10.1. The monoisotopic (exact) mass is 377 g/mol. The van der Waals surface area contributed by atoms with E-state index in [2.05, 4.69) is 34.2 Å². The van der Waals surface area contributed by atoms with Gasteiger partial charge < -0.3 is 10.2 Å². The van der Waals surface area contributed by atoms with Crippen LogP contribution in [0.25, 0.3) is 0 Å². The van der Waals surface area contributed by atoms with Crippen LogP contribution in [0.2, 0.25) is 0 Å². The molecule has 1 saturated heterocycles. The number of aromatic nitrogens is 2. The molecule has 0 aliphatic carbocycles. The Morgan fingerprint density at radius 1 is 1.48 bits per heavy atom. The molecule has 1 unspecified atom stereocenters. The van der Waals surface area contributed by atoms with Gasteiger partial charge in [-0.2, -0.15) is 30.0 Å². The Balaban J connectivity index is 2.18. The molecule has 1 aromatic rings. The van der Waals surface area contributed by atoms with Crippen LogP contribution < -0.4 is 5.32 Å². The zero-order chi connectivity index (χ0) is 18.6. The van der Waals surface area contributed by atoms with Gasteiger partial charge in [-0.05, 0) is 12.8 Å². The number of aliphatic imine (C=N–C) groups is 1. The van der Waals surface area contributed by atoms with E-state index in [4.69, 9.17) is 0 Å². The average molecular weight is 377 g/mol. The van der Waals surface area contributed by atoms with Gasteiger partial charge >= 0.3 is 6.18 Å². The van der Waals surface area contributed by atoms with Crippen LogP contribution in [0, 0.1) is 5.92 Å². The molecule has 1 aliphatic heterocycles. The zero-order valence-corrected chi connectivity index (χ0v) is 15.9. The summed E-state index contributed by atoms with van der Waals surface area (Å²) in [7, 11) is 1.49. The Bertz CT molecular complexity index is 597. The first kappa shape index (κ1) is 19.9. The van der Waals surface area contributed by atoms with Gasteiger partial charge in [-0.15, -0.1) is 0 Å². The van der Waals surface area contributed by atoms with Gasteiger partial charge in [0.1, 0.15) is 0 Å². The van der Waals surface area contributed by atoms with Crippen molar-refractivity contribution in [3.8, 4) is 0 Å². The molecule has 0 bridgehead atoms. The maximum atomic E-state index is 13.1. The van der Waals surface area contributed by atoms with Gasteiger partial charge in [0.15, 0.2) is 11.7 Å². The summed E-state index contributed by atoms with van der Waals surface area (Å²) >= 11 is 1.95. The zero-order valence-electron chi connectivity index (χ0n) is 15.1. The van der Waals surface area contributed by atoms with Crippen molar-refractivity contribution in [2.24, 2.45) is 18.0 Å². The highest BCUT2D eigenvalue weighted by Crippen LogP contribution is 2.31. The summed E-state index contributed by atoms with van der Waals surface area (Å²) in [6.45, 7) is 8.67. The van der Waals surface area contributed by atoms with Crippen molar-refractivity contribution < 1.29 is 13.2 Å². The molecule has 9 heteroatoms. The number of hydrogen-bond donors (Lipinski definition) is 1. The van der Waals surface area contributed by atoms with E-state index in [1.54, 1.807) is 0 Å². The van der Waals surface area contributed by atoms with Crippen LogP contribution in [0.4, 0.5) is 13.2 Å². The fraction of sp³-hybridized carbons (Fsp3) is 0.750. The first-order chi connectivity index (χ1) is 11.7. The number of nitrogens with one attached hydrogen (secondary N) is 1. The topological polar surface area (TPSA) is 45.5 Å². The molecule has 1 N–H and O–H groups in total. The Hall–Kier alpha value is -1.38. The van der Waals surface area contributed by atoms with Crippen molar-refractivity contribution >= 4 is 17.7 Å². The molecule has 25 heavy (non-hydrogen) atoms. The minimum Gasteiger partial charge on any atom is -0.357 e. The summed E-state index contributed by atoms with van der Waals surface area (Å²) in [6, 6.07) is 0. The third-order valence-electron chi connectivity index (χ3n) is 4.04. The van der Waals surface area contributed by atoms with E-state index in [9.17, 15) is 13.2 Å². The van der Waals surface area contributed by atoms with Crippen molar-refractivity contribution in [2.45, 2.75) is 38.7 Å². The molecule has 1 atom stereocenters. The second kappa shape index (κ2) is 8.33. The molecular weight excluding hydrogens is 351 g/mol. The van der Waals surface area contributed by atoms with Crippen molar-refractivity contribution in [2.75, 3.05) is 25.4 Å². The second-order valence-corrected chi connectivity index (χ2v) is 7.79. The van der Waals surface area contributed by atoms with Gasteiger partial charge in [-0.25, -0.2) is 4.99 Å². The summed E-state index contributed by atoms with van der Waals surface area (Å²) in [5, 5.41) is 7.25. The molecule has 1 aromatic heterocycles. The van der Waals surface area contributed by atoms with E-state index in [1.807, 2.05) is 18.7 Å². The highest BCUT2D eigenvalue weighted by molar-refractivity contribution is 8.00. The van der Waals surface area contributed by atoms with Gasteiger partial charge in [-0.3, -0.25) is 4.68 Å². The van der Waals surface area contributed by atoms with Gasteiger partial charge in [0.25, 0.3) is 0 Å². The van der Waals surface area contributed by atoms with Gasteiger partial charge in [0, 0.05) is 49.4 Å². The van der Waals surface area contributed by atoms with Crippen molar-refractivity contribution in [1.29, 1.82) is 0 Å². The highest BCUT2D eigenvalue weighted by Gasteiger charge is 2.36. The lowest BCUT2D eigenvalue weighted by Crippen LogP contribution is -2.49. The summed E-state index contributed by atoms with van der Waals surface area (Å²) < 4.78 is 40.4. The van der Waals surface area contributed by atoms with E-state index >= 15 is 0 Å². The quantitative estimate of drug-likeness (QED) is 0.647. The van der Waals surface area contributed by atoms with E-state index in [0.717, 1.165) is 18.8 Å². The fourth-order valence-corrected chi connectivity index (χ4v) is 4.05. The van der Waals surface area contributed by atoms with Crippen molar-refractivity contribution in [1.82, 2.24) is 20.0 Å². The maximum Gasteiger partial charge on any atom is 0.435 e. The van der Waals surface area contributed by atoms with Gasteiger partial charge in [0.05, 0.1) is 6.54 Å². The molecule has 0 spiro atoms. The van der Waals surface area contributed by atoms with Crippen LogP contribution in [0.3, 0.4) is 0 Å². The second-order valence-electron chi connectivity index (χ2n) is 6.44. The Morgan fingerprint density at radius 3 is 2.80 bits per heavy atom. The third kappa shape index (κ3) is 5.29. The van der Waals surface area contributed by atoms with Crippen LogP contribution in [0.15, 0.2) is 11.2 Å². The molecule has 142 valence electrons. The first-order valence-electron chi connectivity index (χ1n) is 8.47.